The minimum atomic E-state index is -5.09. The van der Waals surface area contributed by atoms with Gasteiger partial charge in [0, 0.05) is 12.1 Å². The fraction of sp³-hybridized carbons (Fsp3) is 0.600. The number of benzene rings is 1. The van der Waals surface area contributed by atoms with Gasteiger partial charge in [0.05, 0.1) is 6.04 Å². The first-order valence-corrected chi connectivity index (χ1v) is 11.7. The number of nitrogens with zero attached hydrogens (tertiary/aromatic N) is 1. The Morgan fingerprint density at radius 2 is 1.54 bits per heavy atom. The number of Topliss-reactive ketones (excluding diaryl/α,β-unsaturated/α-hetero) is 1. The summed E-state index contributed by atoms with van der Waals surface area (Å²) in [6.45, 7) is 10.3. The Kier molecular flexibility index (Phi) is 9.08. The van der Waals surface area contributed by atoms with E-state index in [-0.39, 0.29) is 18.9 Å². The average Bonchev–Trinajstić information content (AvgIpc) is 3.25. The standard InChI is InChI=1S/C25H34F3N3O4/c1-13(2)19(21(32)25(26,27)28)29-23(34)18-8-7-11-31(18)24(35)20(14(3)4)30-22(33)17-10-9-15(5)16(6)12-17/h9-10,12-14,18-20H,7-8,11H2,1-6H3,(H,29,34)(H,30,33)/t18-,19?,20-/m0/s1. The van der Waals surface area contributed by atoms with Crippen LogP contribution in [0, 0.1) is 25.7 Å². The Balaban J connectivity index is 2.19. The average molecular weight is 498 g/mol. The lowest BCUT2D eigenvalue weighted by Crippen LogP contribution is -2.58. The van der Waals surface area contributed by atoms with Gasteiger partial charge in [0.15, 0.2) is 0 Å². The second kappa shape index (κ2) is 11.2. The lowest BCUT2D eigenvalue weighted by molar-refractivity contribution is -0.175. The third-order valence-electron chi connectivity index (χ3n) is 6.35. The van der Waals surface area contributed by atoms with Crippen LogP contribution in [0.4, 0.5) is 13.2 Å². The molecule has 0 aliphatic carbocycles. The van der Waals surface area contributed by atoms with E-state index in [2.05, 4.69) is 10.6 Å². The molecule has 0 aromatic heterocycles. The van der Waals surface area contributed by atoms with Crippen molar-refractivity contribution in [2.45, 2.75) is 78.7 Å². The van der Waals surface area contributed by atoms with Crippen LogP contribution in [0.15, 0.2) is 18.2 Å². The van der Waals surface area contributed by atoms with E-state index in [0.29, 0.717) is 12.0 Å². The Morgan fingerprint density at radius 1 is 0.943 bits per heavy atom. The largest absolute Gasteiger partial charge is 0.452 e. The van der Waals surface area contributed by atoms with Crippen molar-refractivity contribution < 1.29 is 32.3 Å². The second-order valence-electron chi connectivity index (χ2n) is 9.78. The summed E-state index contributed by atoms with van der Waals surface area (Å²) in [6.07, 6.45) is -4.37. The topological polar surface area (TPSA) is 95.6 Å². The summed E-state index contributed by atoms with van der Waals surface area (Å²) >= 11 is 0. The van der Waals surface area contributed by atoms with Gasteiger partial charge >= 0.3 is 6.18 Å². The summed E-state index contributed by atoms with van der Waals surface area (Å²) in [4.78, 5) is 52.2. The molecule has 1 fully saturated rings. The van der Waals surface area contributed by atoms with Crippen LogP contribution in [-0.2, 0) is 14.4 Å². The van der Waals surface area contributed by atoms with Crippen molar-refractivity contribution in [3.8, 4) is 0 Å². The molecule has 3 amide bonds. The lowest BCUT2D eigenvalue weighted by atomic mass is 9.98. The molecule has 35 heavy (non-hydrogen) atoms. The van der Waals surface area contributed by atoms with E-state index >= 15 is 0 Å². The summed E-state index contributed by atoms with van der Waals surface area (Å²) in [5.74, 6) is -4.86. The summed E-state index contributed by atoms with van der Waals surface area (Å²) in [5.41, 5.74) is 2.34. The van der Waals surface area contributed by atoms with E-state index in [0.717, 1.165) is 11.1 Å². The molecule has 0 bridgehead atoms. The first-order chi connectivity index (χ1) is 16.1. The van der Waals surface area contributed by atoms with Crippen molar-refractivity contribution in [2.24, 2.45) is 11.8 Å². The van der Waals surface area contributed by atoms with Gasteiger partial charge in [-0.1, -0.05) is 33.8 Å². The molecule has 1 aliphatic rings. The summed E-state index contributed by atoms with van der Waals surface area (Å²) in [6, 6.07) is 1.49. The number of amides is 3. The van der Waals surface area contributed by atoms with Crippen LogP contribution in [0.3, 0.4) is 0 Å². The molecule has 194 valence electrons. The molecular weight excluding hydrogens is 463 g/mol. The fourth-order valence-electron chi connectivity index (χ4n) is 4.06. The number of nitrogens with one attached hydrogen (secondary N) is 2. The predicted octanol–water partition coefficient (Wildman–Crippen LogP) is 3.32. The van der Waals surface area contributed by atoms with Gasteiger partial charge in [0.25, 0.3) is 11.7 Å². The number of carbonyl (C=O) groups is 4. The number of aryl methyl sites for hydroxylation is 2. The number of hydrogen-bond acceptors (Lipinski definition) is 4. The van der Waals surface area contributed by atoms with Crippen LogP contribution in [0.2, 0.25) is 0 Å². The predicted molar refractivity (Wildman–Crippen MR) is 125 cm³/mol. The Hall–Kier alpha value is -2.91. The van der Waals surface area contributed by atoms with Crippen LogP contribution in [0.25, 0.3) is 0 Å². The Bertz CT molecular complexity index is 975. The lowest BCUT2D eigenvalue weighted by Gasteiger charge is -2.32. The van der Waals surface area contributed by atoms with Gasteiger partial charge in [-0.05, 0) is 61.8 Å². The van der Waals surface area contributed by atoms with Crippen molar-refractivity contribution in [1.82, 2.24) is 15.5 Å². The monoisotopic (exact) mass is 497 g/mol. The van der Waals surface area contributed by atoms with E-state index in [1.54, 1.807) is 26.0 Å². The zero-order valence-corrected chi connectivity index (χ0v) is 21.0. The molecule has 1 saturated heterocycles. The quantitative estimate of drug-likeness (QED) is 0.576. The van der Waals surface area contributed by atoms with Gasteiger partial charge in [0.1, 0.15) is 12.1 Å². The Morgan fingerprint density at radius 3 is 2.06 bits per heavy atom. The van der Waals surface area contributed by atoms with E-state index in [1.807, 2.05) is 19.9 Å². The highest BCUT2D eigenvalue weighted by molar-refractivity contribution is 5.99. The smallest absolute Gasteiger partial charge is 0.344 e. The molecule has 1 unspecified atom stereocenters. The highest BCUT2D eigenvalue weighted by Gasteiger charge is 2.46. The number of ketones is 1. The zero-order valence-electron chi connectivity index (χ0n) is 21.0. The number of rotatable bonds is 8. The van der Waals surface area contributed by atoms with E-state index in [1.165, 1.54) is 18.7 Å². The van der Waals surface area contributed by atoms with E-state index in [9.17, 15) is 32.3 Å². The van der Waals surface area contributed by atoms with Crippen molar-refractivity contribution in [1.29, 1.82) is 0 Å². The molecule has 1 heterocycles. The molecule has 3 atom stereocenters. The molecule has 7 nitrogen and oxygen atoms in total. The zero-order chi connectivity index (χ0) is 26.7. The summed E-state index contributed by atoms with van der Waals surface area (Å²) < 4.78 is 39.0. The van der Waals surface area contributed by atoms with Gasteiger partial charge < -0.3 is 15.5 Å². The minimum absolute atomic E-state index is 0.221. The maximum absolute atomic E-state index is 13.4. The number of carbonyl (C=O) groups excluding carboxylic acids is 4. The second-order valence-corrected chi connectivity index (χ2v) is 9.78. The van der Waals surface area contributed by atoms with Crippen molar-refractivity contribution in [3.05, 3.63) is 34.9 Å². The number of hydrogen-bond donors (Lipinski definition) is 2. The van der Waals surface area contributed by atoms with E-state index < -0.39 is 53.7 Å². The molecule has 1 aromatic rings. The first-order valence-electron chi connectivity index (χ1n) is 11.7. The van der Waals surface area contributed by atoms with Crippen molar-refractivity contribution in [2.75, 3.05) is 6.54 Å². The summed E-state index contributed by atoms with van der Waals surface area (Å²) in [5, 5.41) is 4.95. The van der Waals surface area contributed by atoms with E-state index in [4.69, 9.17) is 0 Å². The summed E-state index contributed by atoms with van der Waals surface area (Å²) in [7, 11) is 0. The highest BCUT2D eigenvalue weighted by Crippen LogP contribution is 2.24. The third-order valence-corrected chi connectivity index (χ3v) is 6.35. The number of halogens is 3. The first kappa shape index (κ1) is 28.3. The number of likely N-dealkylation sites (tertiary alicyclic amines) is 1. The van der Waals surface area contributed by atoms with Crippen molar-refractivity contribution >= 4 is 23.5 Å². The molecule has 0 radical (unpaired) electrons. The van der Waals surface area contributed by atoms with Gasteiger partial charge in [-0.2, -0.15) is 13.2 Å². The van der Waals surface area contributed by atoms with Crippen molar-refractivity contribution in [3.63, 3.8) is 0 Å². The SMILES string of the molecule is Cc1ccc(C(=O)N[C@H](C(=O)N2CCC[C@H]2C(=O)NC(C(=O)C(F)(F)F)C(C)C)C(C)C)cc1C. The van der Waals surface area contributed by atoms with Gasteiger partial charge in [0.2, 0.25) is 11.8 Å². The van der Waals surface area contributed by atoms with Crippen LogP contribution in [0.1, 0.15) is 62.0 Å². The fourth-order valence-corrected chi connectivity index (χ4v) is 4.06. The number of alkyl halides is 3. The maximum Gasteiger partial charge on any atom is 0.452 e. The Labute approximate surface area is 203 Å². The maximum atomic E-state index is 13.4. The third kappa shape index (κ3) is 6.82. The molecular formula is C25H34F3N3O4. The molecule has 1 aromatic carbocycles. The molecule has 0 spiro atoms. The van der Waals surface area contributed by atoms with Crippen LogP contribution < -0.4 is 10.6 Å². The molecule has 2 rings (SSSR count). The van der Waals surface area contributed by atoms with Gasteiger partial charge in [-0.25, -0.2) is 0 Å². The van der Waals surface area contributed by atoms with Crippen LogP contribution in [0.5, 0.6) is 0 Å². The molecule has 0 saturated carbocycles. The normalized spacial score (nSPS) is 17.9. The van der Waals surface area contributed by atoms with Gasteiger partial charge in [-0.15, -0.1) is 0 Å². The highest BCUT2D eigenvalue weighted by atomic mass is 19.4. The van der Waals surface area contributed by atoms with Crippen LogP contribution in [-0.4, -0.2) is 59.3 Å². The molecule has 10 heteroatoms. The van der Waals surface area contributed by atoms with Gasteiger partial charge in [-0.3, -0.25) is 19.2 Å². The molecule has 1 aliphatic heterocycles. The van der Waals surface area contributed by atoms with Crippen LogP contribution >= 0.6 is 0 Å². The minimum Gasteiger partial charge on any atom is -0.344 e. The molecule has 2 N–H and O–H groups in total.